The average Bonchev–Trinajstić information content (AvgIpc) is 3.04. The van der Waals surface area contributed by atoms with Crippen molar-refractivity contribution < 1.29 is 10.2 Å². The molecule has 6 nitrogen and oxygen atoms in total. The molecular weight excluding hydrogens is 304 g/mol. The van der Waals surface area contributed by atoms with Crippen LogP contribution in [0.15, 0.2) is 24.3 Å². The molecule has 0 saturated carbocycles. The number of aromatic nitrogens is 3. The number of nitrogens with zero attached hydrogens (tertiary/aromatic N) is 4. The molecule has 1 aliphatic heterocycles. The number of aliphatic hydroxyl groups excluding tert-OH is 2. The second-order valence-corrected chi connectivity index (χ2v) is 6.10. The minimum absolute atomic E-state index is 0.0225. The van der Waals surface area contributed by atoms with Crippen molar-refractivity contribution >= 4 is 11.6 Å². The van der Waals surface area contributed by atoms with Crippen LogP contribution < -0.4 is 0 Å². The summed E-state index contributed by atoms with van der Waals surface area (Å²) in [5.74, 6) is 1.57. The van der Waals surface area contributed by atoms with E-state index in [9.17, 15) is 10.2 Å². The Labute approximate surface area is 134 Å². The summed E-state index contributed by atoms with van der Waals surface area (Å²) in [6.07, 6.45) is 0.208. The fourth-order valence-corrected chi connectivity index (χ4v) is 3.00. The number of hydrogen-bond acceptors (Lipinski definition) is 5. The van der Waals surface area contributed by atoms with E-state index in [4.69, 9.17) is 11.6 Å². The molecule has 2 N–H and O–H groups in total. The molecule has 118 valence electrons. The Bertz CT molecular complexity index is 643. The maximum atomic E-state index is 9.75. The van der Waals surface area contributed by atoms with E-state index in [1.165, 1.54) is 0 Å². The van der Waals surface area contributed by atoms with Crippen molar-refractivity contribution in [2.45, 2.75) is 25.1 Å². The molecule has 1 aromatic carbocycles. The molecule has 22 heavy (non-hydrogen) atoms. The van der Waals surface area contributed by atoms with Crippen LogP contribution in [0.25, 0.3) is 11.4 Å². The van der Waals surface area contributed by atoms with Gasteiger partial charge in [0.25, 0.3) is 0 Å². The van der Waals surface area contributed by atoms with Crippen LogP contribution in [0.1, 0.15) is 12.2 Å². The smallest absolute Gasteiger partial charge is 0.163 e. The van der Waals surface area contributed by atoms with E-state index in [1.807, 2.05) is 40.8 Å². The lowest BCUT2D eigenvalue weighted by Gasteiger charge is -2.21. The zero-order valence-electron chi connectivity index (χ0n) is 12.4. The fraction of sp³-hybridized carbons (Fsp3) is 0.467. The molecule has 3 rings (SSSR count). The van der Waals surface area contributed by atoms with Crippen LogP contribution in [0, 0.1) is 0 Å². The average molecular weight is 323 g/mol. The predicted octanol–water partition coefficient (Wildman–Crippen LogP) is 1.06. The van der Waals surface area contributed by atoms with Gasteiger partial charge in [-0.1, -0.05) is 11.6 Å². The van der Waals surface area contributed by atoms with E-state index in [0.29, 0.717) is 24.5 Å². The van der Waals surface area contributed by atoms with Crippen molar-refractivity contribution in [3.05, 3.63) is 35.1 Å². The third kappa shape index (κ3) is 3.01. The Balaban J connectivity index is 1.80. The quantitative estimate of drug-likeness (QED) is 0.880. The van der Waals surface area contributed by atoms with Gasteiger partial charge >= 0.3 is 0 Å². The Morgan fingerprint density at radius 3 is 2.68 bits per heavy atom. The number of rotatable bonds is 4. The van der Waals surface area contributed by atoms with Crippen LogP contribution in [0.5, 0.6) is 0 Å². The van der Waals surface area contributed by atoms with Crippen LogP contribution in [-0.2, 0) is 13.6 Å². The van der Waals surface area contributed by atoms with Gasteiger partial charge in [-0.3, -0.25) is 4.90 Å². The molecule has 0 unspecified atom stereocenters. The summed E-state index contributed by atoms with van der Waals surface area (Å²) in [6, 6.07) is 7.44. The molecule has 0 bridgehead atoms. The molecule has 0 amide bonds. The van der Waals surface area contributed by atoms with Gasteiger partial charge in [0.2, 0.25) is 0 Å². The SMILES string of the molecule is Cn1c(CN2C[C@@H](O)C[C@H]2CO)nnc1-c1ccc(Cl)cc1. The summed E-state index contributed by atoms with van der Waals surface area (Å²) in [5.41, 5.74) is 0.950. The lowest BCUT2D eigenvalue weighted by Crippen LogP contribution is -2.32. The minimum Gasteiger partial charge on any atom is -0.395 e. The Morgan fingerprint density at radius 2 is 2.00 bits per heavy atom. The van der Waals surface area contributed by atoms with Gasteiger partial charge < -0.3 is 14.8 Å². The molecule has 1 fully saturated rings. The Hall–Kier alpha value is -1.47. The zero-order chi connectivity index (χ0) is 15.7. The third-order valence-electron chi connectivity index (χ3n) is 4.13. The molecule has 2 aromatic rings. The van der Waals surface area contributed by atoms with Crippen molar-refractivity contribution in [1.82, 2.24) is 19.7 Å². The summed E-state index contributed by atoms with van der Waals surface area (Å²) in [7, 11) is 1.92. The van der Waals surface area contributed by atoms with Gasteiger partial charge in [-0.05, 0) is 30.7 Å². The van der Waals surface area contributed by atoms with Crippen molar-refractivity contribution in [3.63, 3.8) is 0 Å². The van der Waals surface area contributed by atoms with Gasteiger partial charge in [0.15, 0.2) is 5.82 Å². The highest BCUT2D eigenvalue weighted by Crippen LogP contribution is 2.23. The van der Waals surface area contributed by atoms with E-state index in [-0.39, 0.29) is 18.8 Å². The highest BCUT2D eigenvalue weighted by molar-refractivity contribution is 6.30. The van der Waals surface area contributed by atoms with Crippen LogP contribution in [0.3, 0.4) is 0 Å². The fourth-order valence-electron chi connectivity index (χ4n) is 2.87. The third-order valence-corrected chi connectivity index (χ3v) is 4.38. The summed E-state index contributed by atoms with van der Waals surface area (Å²) in [6.45, 7) is 1.15. The second kappa shape index (κ2) is 6.34. The van der Waals surface area contributed by atoms with Gasteiger partial charge in [0, 0.05) is 30.2 Å². The highest BCUT2D eigenvalue weighted by atomic mass is 35.5. The van der Waals surface area contributed by atoms with Crippen LogP contribution in [-0.4, -0.2) is 55.2 Å². The van der Waals surface area contributed by atoms with Crippen LogP contribution in [0.4, 0.5) is 0 Å². The van der Waals surface area contributed by atoms with Crippen molar-refractivity contribution in [2.75, 3.05) is 13.2 Å². The molecule has 2 atom stereocenters. The number of benzene rings is 1. The van der Waals surface area contributed by atoms with Crippen molar-refractivity contribution in [3.8, 4) is 11.4 Å². The van der Waals surface area contributed by atoms with Gasteiger partial charge in [-0.15, -0.1) is 10.2 Å². The standard InChI is InChI=1S/C15H19ClN4O2/c1-19-14(8-20-7-13(22)6-12(20)9-21)17-18-15(19)10-2-4-11(16)5-3-10/h2-5,12-13,21-22H,6-9H2,1H3/t12-,13-/m0/s1. The molecule has 1 saturated heterocycles. The highest BCUT2D eigenvalue weighted by Gasteiger charge is 2.31. The molecule has 1 aromatic heterocycles. The summed E-state index contributed by atoms with van der Waals surface area (Å²) in [4.78, 5) is 2.04. The normalized spacial score (nSPS) is 22.4. The molecule has 0 radical (unpaired) electrons. The largest absolute Gasteiger partial charge is 0.395 e. The first-order valence-corrected chi connectivity index (χ1v) is 7.63. The van der Waals surface area contributed by atoms with Gasteiger partial charge in [-0.2, -0.15) is 0 Å². The maximum Gasteiger partial charge on any atom is 0.163 e. The first-order chi connectivity index (χ1) is 10.6. The molecule has 0 spiro atoms. The van der Waals surface area contributed by atoms with Gasteiger partial charge in [0.05, 0.1) is 19.3 Å². The van der Waals surface area contributed by atoms with E-state index in [0.717, 1.165) is 17.2 Å². The second-order valence-electron chi connectivity index (χ2n) is 5.66. The first-order valence-electron chi connectivity index (χ1n) is 7.25. The Morgan fingerprint density at radius 1 is 1.27 bits per heavy atom. The zero-order valence-corrected chi connectivity index (χ0v) is 13.1. The van der Waals surface area contributed by atoms with Crippen LogP contribution in [0.2, 0.25) is 5.02 Å². The first kappa shape index (κ1) is 15.4. The number of halogens is 1. The summed E-state index contributed by atoms with van der Waals surface area (Å²) >= 11 is 5.91. The predicted molar refractivity (Wildman–Crippen MR) is 83.4 cm³/mol. The van der Waals surface area contributed by atoms with Crippen LogP contribution >= 0.6 is 11.6 Å². The van der Waals surface area contributed by atoms with E-state index >= 15 is 0 Å². The maximum absolute atomic E-state index is 9.75. The number of β-amino-alcohol motifs (C(OH)–C–C–N with tert-alkyl or cyclic N) is 1. The minimum atomic E-state index is -0.388. The molecule has 1 aliphatic rings. The molecule has 2 heterocycles. The van der Waals surface area contributed by atoms with E-state index < -0.39 is 0 Å². The van der Waals surface area contributed by atoms with Gasteiger partial charge in [-0.25, -0.2) is 0 Å². The topological polar surface area (TPSA) is 74.4 Å². The van der Waals surface area contributed by atoms with Gasteiger partial charge in [0.1, 0.15) is 5.82 Å². The monoisotopic (exact) mass is 322 g/mol. The van der Waals surface area contributed by atoms with E-state index in [2.05, 4.69) is 10.2 Å². The molecule has 7 heteroatoms. The molecular formula is C15H19ClN4O2. The lowest BCUT2D eigenvalue weighted by molar-refractivity contribution is 0.146. The summed E-state index contributed by atoms with van der Waals surface area (Å²) in [5, 5.41) is 28.3. The number of aliphatic hydroxyl groups is 2. The number of hydrogen-bond donors (Lipinski definition) is 2. The van der Waals surface area contributed by atoms with E-state index in [1.54, 1.807) is 0 Å². The van der Waals surface area contributed by atoms with Crippen molar-refractivity contribution in [2.24, 2.45) is 7.05 Å². The number of likely N-dealkylation sites (tertiary alicyclic amines) is 1. The lowest BCUT2D eigenvalue weighted by atomic mass is 10.2. The summed E-state index contributed by atoms with van der Waals surface area (Å²) < 4.78 is 1.93. The van der Waals surface area contributed by atoms with Crippen molar-refractivity contribution in [1.29, 1.82) is 0 Å². The Kier molecular flexibility index (Phi) is 4.44. The molecule has 0 aliphatic carbocycles.